The lowest BCUT2D eigenvalue weighted by Crippen LogP contribution is -2.39. The van der Waals surface area contributed by atoms with Gasteiger partial charge in [0.1, 0.15) is 0 Å². The monoisotopic (exact) mass is 383 g/mol. The minimum absolute atomic E-state index is 0.0767. The fourth-order valence-corrected chi connectivity index (χ4v) is 4.16. The minimum atomic E-state index is -3.75. The highest BCUT2D eigenvalue weighted by molar-refractivity contribution is 9.10. The molecule has 1 N–H and O–H groups in total. The number of hydrogen-bond donors (Lipinski definition) is 1. The first kappa shape index (κ1) is 17.4. The van der Waals surface area contributed by atoms with Crippen LogP contribution in [-0.4, -0.2) is 36.4 Å². The second-order valence-electron chi connectivity index (χ2n) is 4.23. The lowest BCUT2D eigenvalue weighted by molar-refractivity contribution is -0.137. The van der Waals surface area contributed by atoms with Gasteiger partial charge in [-0.2, -0.15) is 4.31 Å². The van der Waals surface area contributed by atoms with Crippen molar-refractivity contribution >= 4 is 43.5 Å². The smallest absolute Gasteiger partial charge is 0.304 e. The largest absolute Gasteiger partial charge is 0.481 e. The number of sulfonamides is 1. The predicted octanol–water partition coefficient (Wildman–Crippen LogP) is 2.98. The number of halogens is 2. The first-order valence-electron chi connectivity index (χ1n) is 5.88. The standard InChI is InChI=1S/C12H15BrClNO4S/c1-3-15(8(2)6-12(16)17)20(18,19)9-4-5-11(14)10(13)7-9/h4-5,7-8H,3,6H2,1-2H3,(H,16,17). The molecular weight excluding hydrogens is 370 g/mol. The van der Waals surface area contributed by atoms with E-state index in [2.05, 4.69) is 15.9 Å². The summed E-state index contributed by atoms with van der Waals surface area (Å²) in [4.78, 5) is 10.8. The topological polar surface area (TPSA) is 74.7 Å². The summed E-state index contributed by atoms with van der Waals surface area (Å²) >= 11 is 9.02. The summed E-state index contributed by atoms with van der Waals surface area (Å²) in [6.45, 7) is 3.43. The van der Waals surface area contributed by atoms with Crippen molar-refractivity contribution in [2.45, 2.75) is 31.2 Å². The SMILES string of the molecule is CCN(C(C)CC(=O)O)S(=O)(=O)c1ccc(Cl)c(Br)c1. The van der Waals surface area contributed by atoms with E-state index < -0.39 is 22.0 Å². The summed E-state index contributed by atoms with van der Waals surface area (Å²) < 4.78 is 26.7. The molecule has 0 heterocycles. The Balaban J connectivity index is 3.17. The Morgan fingerprint density at radius 1 is 1.50 bits per heavy atom. The molecule has 0 fully saturated rings. The number of benzene rings is 1. The van der Waals surface area contributed by atoms with E-state index in [0.717, 1.165) is 4.31 Å². The van der Waals surface area contributed by atoms with Crippen LogP contribution < -0.4 is 0 Å². The molecule has 0 spiro atoms. The molecular formula is C12H15BrClNO4S. The summed E-state index contributed by atoms with van der Waals surface area (Å²) in [6.07, 6.45) is -0.248. The molecule has 5 nitrogen and oxygen atoms in total. The summed E-state index contributed by atoms with van der Waals surface area (Å²) in [5.41, 5.74) is 0. The number of aliphatic carboxylic acids is 1. The molecule has 0 amide bonds. The molecule has 8 heteroatoms. The predicted molar refractivity (Wildman–Crippen MR) is 80.4 cm³/mol. The van der Waals surface area contributed by atoms with Crippen molar-refractivity contribution in [1.29, 1.82) is 0 Å². The van der Waals surface area contributed by atoms with E-state index in [1.807, 2.05) is 0 Å². The molecule has 112 valence electrons. The summed E-state index contributed by atoms with van der Waals surface area (Å²) in [6, 6.07) is 3.66. The van der Waals surface area contributed by atoms with Crippen LogP contribution in [0.3, 0.4) is 0 Å². The van der Waals surface area contributed by atoms with Gasteiger partial charge in [-0.3, -0.25) is 4.79 Å². The number of carboxylic acids is 1. The van der Waals surface area contributed by atoms with Gasteiger partial charge in [-0.15, -0.1) is 0 Å². The van der Waals surface area contributed by atoms with E-state index in [0.29, 0.717) is 9.50 Å². The molecule has 0 bridgehead atoms. The van der Waals surface area contributed by atoms with Crippen LogP contribution in [0.15, 0.2) is 27.6 Å². The first-order valence-corrected chi connectivity index (χ1v) is 8.50. The van der Waals surface area contributed by atoms with Crippen LogP contribution in [0.2, 0.25) is 5.02 Å². The van der Waals surface area contributed by atoms with Gasteiger partial charge in [-0.1, -0.05) is 18.5 Å². The lowest BCUT2D eigenvalue weighted by Gasteiger charge is -2.26. The van der Waals surface area contributed by atoms with Crippen molar-refractivity contribution in [1.82, 2.24) is 4.31 Å². The van der Waals surface area contributed by atoms with Crippen LogP contribution in [0, 0.1) is 0 Å². The van der Waals surface area contributed by atoms with Gasteiger partial charge in [-0.25, -0.2) is 8.42 Å². The highest BCUT2D eigenvalue weighted by Crippen LogP contribution is 2.27. The van der Waals surface area contributed by atoms with Gasteiger partial charge < -0.3 is 5.11 Å². The van der Waals surface area contributed by atoms with E-state index in [4.69, 9.17) is 16.7 Å². The molecule has 0 saturated heterocycles. The van der Waals surface area contributed by atoms with Gasteiger partial charge >= 0.3 is 5.97 Å². The molecule has 0 saturated carbocycles. The van der Waals surface area contributed by atoms with E-state index in [1.165, 1.54) is 18.2 Å². The van der Waals surface area contributed by atoms with Crippen molar-refractivity contribution in [3.05, 3.63) is 27.7 Å². The highest BCUT2D eigenvalue weighted by Gasteiger charge is 2.29. The van der Waals surface area contributed by atoms with E-state index in [9.17, 15) is 13.2 Å². The molecule has 20 heavy (non-hydrogen) atoms. The van der Waals surface area contributed by atoms with Crippen molar-refractivity contribution in [3.63, 3.8) is 0 Å². The normalized spacial score (nSPS) is 13.4. The average molecular weight is 385 g/mol. The Bertz CT molecular complexity index is 605. The number of nitrogens with zero attached hydrogens (tertiary/aromatic N) is 1. The van der Waals surface area contributed by atoms with Crippen LogP contribution in [0.1, 0.15) is 20.3 Å². The zero-order valence-corrected chi connectivity index (χ0v) is 14.2. The molecule has 0 aliphatic carbocycles. The third kappa shape index (κ3) is 3.94. The van der Waals surface area contributed by atoms with Gasteiger partial charge in [0.05, 0.1) is 16.3 Å². The van der Waals surface area contributed by atoms with E-state index >= 15 is 0 Å². The Morgan fingerprint density at radius 2 is 2.10 bits per heavy atom. The number of rotatable bonds is 6. The molecule has 0 aliphatic heterocycles. The van der Waals surface area contributed by atoms with E-state index in [-0.39, 0.29) is 17.9 Å². The summed E-state index contributed by atoms with van der Waals surface area (Å²) in [5, 5.41) is 9.21. The second kappa shape index (κ2) is 6.89. The number of hydrogen-bond acceptors (Lipinski definition) is 3. The Morgan fingerprint density at radius 3 is 2.55 bits per heavy atom. The van der Waals surface area contributed by atoms with Crippen LogP contribution >= 0.6 is 27.5 Å². The fourth-order valence-electron chi connectivity index (χ4n) is 1.85. The van der Waals surface area contributed by atoms with Gasteiger partial charge in [0, 0.05) is 17.1 Å². The maximum absolute atomic E-state index is 12.5. The van der Waals surface area contributed by atoms with Gasteiger partial charge in [0.15, 0.2) is 0 Å². The van der Waals surface area contributed by atoms with E-state index in [1.54, 1.807) is 13.8 Å². The lowest BCUT2D eigenvalue weighted by atomic mass is 10.2. The quantitative estimate of drug-likeness (QED) is 0.818. The van der Waals surface area contributed by atoms with Crippen LogP contribution in [0.25, 0.3) is 0 Å². The Hall–Kier alpha value is -0.630. The molecule has 0 aromatic heterocycles. The van der Waals surface area contributed by atoms with Gasteiger partial charge in [0.2, 0.25) is 10.0 Å². The maximum Gasteiger partial charge on any atom is 0.304 e. The van der Waals surface area contributed by atoms with Crippen LogP contribution in [0.4, 0.5) is 0 Å². The maximum atomic E-state index is 12.5. The molecule has 1 rings (SSSR count). The minimum Gasteiger partial charge on any atom is -0.481 e. The molecule has 1 atom stereocenters. The summed E-state index contributed by atoms with van der Waals surface area (Å²) in [5.74, 6) is -1.04. The average Bonchev–Trinajstić information content (AvgIpc) is 2.31. The van der Waals surface area contributed by atoms with Crippen molar-refractivity contribution in [2.75, 3.05) is 6.54 Å². The molecule has 1 unspecified atom stereocenters. The number of carbonyl (C=O) groups is 1. The first-order chi connectivity index (χ1) is 9.20. The zero-order valence-electron chi connectivity index (χ0n) is 11.0. The molecule has 1 aromatic carbocycles. The van der Waals surface area contributed by atoms with Gasteiger partial charge in [0.25, 0.3) is 0 Å². The fraction of sp³-hybridized carbons (Fsp3) is 0.417. The van der Waals surface area contributed by atoms with Gasteiger partial charge in [-0.05, 0) is 41.1 Å². The molecule has 0 radical (unpaired) electrons. The molecule has 1 aromatic rings. The third-order valence-electron chi connectivity index (χ3n) is 2.77. The molecule has 0 aliphatic rings. The van der Waals surface area contributed by atoms with Crippen molar-refractivity contribution in [2.24, 2.45) is 0 Å². The summed E-state index contributed by atoms with van der Waals surface area (Å²) in [7, 11) is -3.75. The zero-order chi connectivity index (χ0) is 15.5. The third-order valence-corrected chi connectivity index (χ3v) is 6.07. The highest BCUT2D eigenvalue weighted by atomic mass is 79.9. The van der Waals surface area contributed by atoms with Crippen LogP contribution in [-0.2, 0) is 14.8 Å². The second-order valence-corrected chi connectivity index (χ2v) is 7.38. The number of carboxylic acid groups (broad SMARTS) is 1. The Kier molecular flexibility index (Phi) is 6.00. The van der Waals surface area contributed by atoms with Crippen molar-refractivity contribution < 1.29 is 18.3 Å². The van der Waals surface area contributed by atoms with Crippen molar-refractivity contribution in [3.8, 4) is 0 Å². The Labute approximate surface area is 131 Å². The van der Waals surface area contributed by atoms with Crippen LogP contribution in [0.5, 0.6) is 0 Å².